The molecule has 2 fully saturated rings. The van der Waals surface area contributed by atoms with Gasteiger partial charge in [-0.1, -0.05) is 17.3 Å². The fourth-order valence-corrected chi connectivity index (χ4v) is 3.14. The first-order valence-corrected chi connectivity index (χ1v) is 8.25. The van der Waals surface area contributed by atoms with E-state index in [0.717, 1.165) is 57.7 Å². The standard InChI is InChI=1S/C17H22N4O2.ClH/c18-17(5-2-6-17)16-19-15(23-20-16)14-4-1-3-13(11-14)12-21-7-9-22-10-8-21;/h1,3-4,11H,2,5-10,12,18H2;1H. The number of nitrogens with zero attached hydrogens (tertiary/aromatic N) is 3. The number of benzene rings is 1. The van der Waals surface area contributed by atoms with E-state index in [4.69, 9.17) is 15.0 Å². The van der Waals surface area contributed by atoms with Crippen molar-refractivity contribution in [2.45, 2.75) is 31.3 Å². The number of hydrogen-bond donors (Lipinski definition) is 1. The first-order chi connectivity index (χ1) is 11.2. The molecule has 0 amide bonds. The molecule has 130 valence electrons. The number of halogens is 1. The SMILES string of the molecule is Cl.NC1(c2noc(-c3cccc(CN4CCOCC4)c3)n2)CCC1. The third kappa shape index (κ3) is 3.47. The van der Waals surface area contributed by atoms with E-state index in [1.54, 1.807) is 0 Å². The van der Waals surface area contributed by atoms with Crippen LogP contribution in [0.4, 0.5) is 0 Å². The van der Waals surface area contributed by atoms with Crippen molar-refractivity contribution in [3.63, 3.8) is 0 Å². The maximum atomic E-state index is 6.27. The average molecular weight is 351 g/mol. The normalized spacial score (nSPS) is 20.2. The van der Waals surface area contributed by atoms with Gasteiger partial charge in [0, 0.05) is 25.2 Å². The van der Waals surface area contributed by atoms with Gasteiger partial charge in [-0.15, -0.1) is 12.4 Å². The lowest BCUT2D eigenvalue weighted by atomic mass is 9.77. The Labute approximate surface area is 147 Å². The second kappa shape index (κ2) is 7.19. The summed E-state index contributed by atoms with van der Waals surface area (Å²) in [5, 5.41) is 4.09. The Morgan fingerprint density at radius 2 is 2.00 bits per heavy atom. The zero-order chi connectivity index (χ0) is 15.7. The van der Waals surface area contributed by atoms with Crippen molar-refractivity contribution in [1.29, 1.82) is 0 Å². The van der Waals surface area contributed by atoms with Gasteiger partial charge < -0.3 is 15.0 Å². The van der Waals surface area contributed by atoms with Crippen LogP contribution < -0.4 is 5.73 Å². The third-order valence-electron chi connectivity index (χ3n) is 4.80. The summed E-state index contributed by atoms with van der Waals surface area (Å²) in [6.45, 7) is 4.49. The first kappa shape index (κ1) is 17.4. The minimum atomic E-state index is -0.382. The number of rotatable bonds is 4. The van der Waals surface area contributed by atoms with Gasteiger partial charge in [0.1, 0.15) is 0 Å². The molecule has 7 heteroatoms. The Hall–Kier alpha value is -1.47. The third-order valence-corrected chi connectivity index (χ3v) is 4.80. The maximum absolute atomic E-state index is 6.27. The van der Waals surface area contributed by atoms with E-state index in [9.17, 15) is 0 Å². The Morgan fingerprint density at radius 1 is 1.21 bits per heavy atom. The number of ether oxygens (including phenoxy) is 1. The van der Waals surface area contributed by atoms with Gasteiger partial charge in [0.05, 0.1) is 18.8 Å². The summed E-state index contributed by atoms with van der Waals surface area (Å²) in [5.74, 6) is 1.19. The highest BCUT2D eigenvalue weighted by molar-refractivity contribution is 5.85. The minimum absolute atomic E-state index is 0. The zero-order valence-corrected chi connectivity index (χ0v) is 14.4. The molecule has 24 heavy (non-hydrogen) atoms. The number of morpholine rings is 1. The Kier molecular flexibility index (Phi) is 5.20. The van der Waals surface area contributed by atoms with Gasteiger partial charge in [0.25, 0.3) is 5.89 Å². The second-order valence-electron chi connectivity index (χ2n) is 6.52. The summed E-state index contributed by atoms with van der Waals surface area (Å²) >= 11 is 0. The molecule has 1 aromatic carbocycles. The van der Waals surface area contributed by atoms with Crippen LogP contribution in [0.25, 0.3) is 11.5 Å². The maximum Gasteiger partial charge on any atom is 0.258 e. The summed E-state index contributed by atoms with van der Waals surface area (Å²) in [6.07, 6.45) is 3.00. The van der Waals surface area contributed by atoms with E-state index >= 15 is 0 Å². The molecule has 0 bridgehead atoms. The van der Waals surface area contributed by atoms with Crippen LogP contribution in [0, 0.1) is 0 Å². The molecule has 2 heterocycles. The Balaban J connectivity index is 0.00000169. The molecular formula is C17H23ClN4O2. The van der Waals surface area contributed by atoms with Crippen LogP contribution in [0.15, 0.2) is 28.8 Å². The van der Waals surface area contributed by atoms with Crippen molar-refractivity contribution in [2.75, 3.05) is 26.3 Å². The van der Waals surface area contributed by atoms with Crippen molar-refractivity contribution in [2.24, 2.45) is 5.73 Å². The number of hydrogen-bond acceptors (Lipinski definition) is 6. The topological polar surface area (TPSA) is 77.4 Å². The van der Waals surface area contributed by atoms with Crippen LogP contribution in [-0.2, 0) is 16.8 Å². The van der Waals surface area contributed by atoms with Crippen LogP contribution in [0.2, 0.25) is 0 Å². The molecule has 2 aliphatic rings. The lowest BCUT2D eigenvalue weighted by Crippen LogP contribution is -2.44. The van der Waals surface area contributed by atoms with Gasteiger partial charge in [-0.05, 0) is 37.0 Å². The van der Waals surface area contributed by atoms with Crippen LogP contribution >= 0.6 is 12.4 Å². The molecule has 4 rings (SSSR count). The molecule has 1 saturated carbocycles. The summed E-state index contributed by atoms with van der Waals surface area (Å²) < 4.78 is 10.8. The smallest absolute Gasteiger partial charge is 0.258 e. The molecule has 0 radical (unpaired) electrons. The van der Waals surface area contributed by atoms with Crippen molar-refractivity contribution in [3.05, 3.63) is 35.7 Å². The highest BCUT2D eigenvalue weighted by atomic mass is 35.5. The second-order valence-corrected chi connectivity index (χ2v) is 6.52. The van der Waals surface area contributed by atoms with E-state index in [-0.39, 0.29) is 17.9 Å². The van der Waals surface area contributed by atoms with Crippen molar-refractivity contribution >= 4 is 12.4 Å². The monoisotopic (exact) mass is 350 g/mol. The molecule has 0 spiro atoms. The molecule has 0 atom stereocenters. The van der Waals surface area contributed by atoms with Crippen LogP contribution in [0.3, 0.4) is 0 Å². The van der Waals surface area contributed by atoms with Gasteiger partial charge in [-0.2, -0.15) is 4.98 Å². The molecule has 2 aromatic rings. The van der Waals surface area contributed by atoms with Crippen LogP contribution in [0.1, 0.15) is 30.7 Å². The molecule has 6 nitrogen and oxygen atoms in total. The molecular weight excluding hydrogens is 328 g/mol. The summed E-state index contributed by atoms with van der Waals surface area (Å²) in [4.78, 5) is 6.92. The number of aromatic nitrogens is 2. The predicted octanol–water partition coefficient (Wildman–Crippen LogP) is 2.33. The largest absolute Gasteiger partial charge is 0.379 e. The predicted molar refractivity (Wildman–Crippen MR) is 92.8 cm³/mol. The fourth-order valence-electron chi connectivity index (χ4n) is 3.14. The lowest BCUT2D eigenvalue weighted by Gasteiger charge is -2.34. The zero-order valence-electron chi connectivity index (χ0n) is 13.6. The van der Waals surface area contributed by atoms with E-state index < -0.39 is 0 Å². The fraction of sp³-hybridized carbons (Fsp3) is 0.529. The van der Waals surface area contributed by atoms with Crippen molar-refractivity contribution < 1.29 is 9.26 Å². The Morgan fingerprint density at radius 3 is 2.71 bits per heavy atom. The highest BCUT2D eigenvalue weighted by Crippen LogP contribution is 2.37. The van der Waals surface area contributed by atoms with E-state index in [1.165, 1.54) is 5.56 Å². The van der Waals surface area contributed by atoms with Gasteiger partial charge >= 0.3 is 0 Å². The molecule has 2 N–H and O–H groups in total. The molecule has 1 saturated heterocycles. The van der Waals surface area contributed by atoms with Gasteiger partial charge in [0.15, 0.2) is 5.82 Å². The van der Waals surface area contributed by atoms with E-state index in [1.807, 2.05) is 12.1 Å². The first-order valence-electron chi connectivity index (χ1n) is 8.25. The van der Waals surface area contributed by atoms with Gasteiger partial charge in [-0.25, -0.2) is 0 Å². The Bertz CT molecular complexity index is 681. The van der Waals surface area contributed by atoms with E-state index in [2.05, 4.69) is 27.2 Å². The lowest BCUT2D eigenvalue weighted by molar-refractivity contribution is 0.0342. The minimum Gasteiger partial charge on any atom is -0.379 e. The average Bonchev–Trinajstić information content (AvgIpc) is 3.04. The number of nitrogens with two attached hydrogens (primary N) is 1. The van der Waals surface area contributed by atoms with Crippen LogP contribution in [-0.4, -0.2) is 41.3 Å². The van der Waals surface area contributed by atoms with Crippen molar-refractivity contribution in [1.82, 2.24) is 15.0 Å². The van der Waals surface area contributed by atoms with Gasteiger partial charge in [0.2, 0.25) is 0 Å². The van der Waals surface area contributed by atoms with Gasteiger partial charge in [-0.3, -0.25) is 4.90 Å². The molecule has 1 aliphatic heterocycles. The quantitative estimate of drug-likeness (QED) is 0.911. The molecule has 0 unspecified atom stereocenters. The summed E-state index contributed by atoms with van der Waals surface area (Å²) in [7, 11) is 0. The van der Waals surface area contributed by atoms with Crippen molar-refractivity contribution in [3.8, 4) is 11.5 Å². The molecule has 1 aliphatic carbocycles. The summed E-state index contributed by atoms with van der Waals surface area (Å²) in [6, 6.07) is 8.30. The summed E-state index contributed by atoms with van der Waals surface area (Å²) in [5.41, 5.74) is 8.09. The van der Waals surface area contributed by atoms with Crippen LogP contribution in [0.5, 0.6) is 0 Å². The molecule has 1 aromatic heterocycles. The highest BCUT2D eigenvalue weighted by Gasteiger charge is 2.39. The van der Waals surface area contributed by atoms with E-state index in [0.29, 0.717) is 11.7 Å².